The van der Waals surface area contributed by atoms with Crippen molar-refractivity contribution in [1.82, 2.24) is 14.8 Å². The van der Waals surface area contributed by atoms with Crippen LogP contribution in [0.4, 0.5) is 0 Å². The number of piperidine rings is 1. The molecule has 122 valence electrons. The first-order valence-electron chi connectivity index (χ1n) is 8.68. The normalized spacial score (nSPS) is 26.1. The van der Waals surface area contributed by atoms with Crippen LogP contribution in [0.25, 0.3) is 0 Å². The van der Waals surface area contributed by atoms with Crippen LogP contribution < -0.4 is 0 Å². The molecule has 2 aliphatic heterocycles. The van der Waals surface area contributed by atoms with Crippen molar-refractivity contribution in [2.45, 2.75) is 32.4 Å². The fraction of sp³-hybridized carbons (Fsp3) is 0.526. The predicted octanol–water partition coefficient (Wildman–Crippen LogP) is 3.63. The van der Waals surface area contributed by atoms with Crippen molar-refractivity contribution in [2.24, 2.45) is 5.41 Å². The molecule has 1 unspecified atom stereocenters. The first-order valence-corrected chi connectivity index (χ1v) is 9.56. The zero-order chi connectivity index (χ0) is 15.5. The van der Waals surface area contributed by atoms with E-state index in [1.807, 2.05) is 23.6 Å². The Balaban J connectivity index is 1.37. The van der Waals surface area contributed by atoms with Gasteiger partial charge >= 0.3 is 0 Å². The summed E-state index contributed by atoms with van der Waals surface area (Å²) in [6.45, 7) is 7.14. The zero-order valence-electron chi connectivity index (χ0n) is 13.7. The van der Waals surface area contributed by atoms with Crippen molar-refractivity contribution in [2.75, 3.05) is 26.2 Å². The summed E-state index contributed by atoms with van der Waals surface area (Å²) in [5, 5.41) is 2.19. The number of likely N-dealkylation sites (tertiary alicyclic amines) is 2. The van der Waals surface area contributed by atoms with E-state index in [9.17, 15) is 0 Å². The van der Waals surface area contributed by atoms with Gasteiger partial charge in [-0.25, -0.2) is 0 Å². The van der Waals surface area contributed by atoms with Gasteiger partial charge in [0.25, 0.3) is 0 Å². The van der Waals surface area contributed by atoms with E-state index in [1.54, 1.807) is 0 Å². The lowest BCUT2D eigenvalue weighted by Gasteiger charge is -2.40. The van der Waals surface area contributed by atoms with E-state index in [0.29, 0.717) is 5.41 Å². The van der Waals surface area contributed by atoms with E-state index in [2.05, 4.69) is 44.4 Å². The SMILES string of the molecule is c1ccc(CN2CCCC3(CCN(Cc4cccs4)C3)C2)nc1. The maximum atomic E-state index is 4.50. The highest BCUT2D eigenvalue weighted by Gasteiger charge is 2.41. The van der Waals surface area contributed by atoms with Crippen molar-refractivity contribution < 1.29 is 0 Å². The molecule has 4 heterocycles. The number of pyridine rings is 1. The smallest absolute Gasteiger partial charge is 0.0543 e. The Morgan fingerprint density at radius 2 is 1.91 bits per heavy atom. The summed E-state index contributed by atoms with van der Waals surface area (Å²) in [7, 11) is 0. The Morgan fingerprint density at radius 3 is 2.70 bits per heavy atom. The van der Waals surface area contributed by atoms with Crippen molar-refractivity contribution in [1.29, 1.82) is 0 Å². The van der Waals surface area contributed by atoms with Crippen molar-refractivity contribution >= 4 is 11.3 Å². The molecule has 4 heteroatoms. The Kier molecular flexibility index (Phi) is 4.47. The topological polar surface area (TPSA) is 19.4 Å². The van der Waals surface area contributed by atoms with Crippen LogP contribution >= 0.6 is 11.3 Å². The molecule has 1 spiro atoms. The van der Waals surface area contributed by atoms with Crippen molar-refractivity contribution in [3.05, 3.63) is 52.5 Å². The molecule has 0 aliphatic carbocycles. The zero-order valence-corrected chi connectivity index (χ0v) is 14.5. The van der Waals surface area contributed by atoms with Crippen LogP contribution in [-0.4, -0.2) is 41.0 Å². The summed E-state index contributed by atoms with van der Waals surface area (Å²) >= 11 is 1.89. The Bertz CT molecular complexity index is 613. The third-order valence-electron chi connectivity index (χ3n) is 5.33. The standard InChI is InChI=1S/C19H25N3S/c1-2-9-20-17(5-1)13-21-10-4-7-19(15-21)8-11-22(16-19)14-18-6-3-12-23-18/h1-3,5-6,9,12H,4,7-8,10-11,13-16H2. The van der Waals surface area contributed by atoms with E-state index in [0.717, 1.165) is 13.1 Å². The third-order valence-corrected chi connectivity index (χ3v) is 6.19. The second-order valence-corrected chi connectivity index (χ2v) is 8.21. The van der Waals surface area contributed by atoms with E-state index >= 15 is 0 Å². The second-order valence-electron chi connectivity index (χ2n) is 7.18. The number of nitrogens with zero attached hydrogens (tertiary/aromatic N) is 3. The minimum atomic E-state index is 0.518. The summed E-state index contributed by atoms with van der Waals surface area (Å²) in [6, 6.07) is 10.7. The van der Waals surface area contributed by atoms with Gasteiger partial charge < -0.3 is 0 Å². The molecular formula is C19H25N3S. The average molecular weight is 327 g/mol. The predicted molar refractivity (Wildman–Crippen MR) is 95.4 cm³/mol. The molecule has 2 aliphatic rings. The molecule has 3 nitrogen and oxygen atoms in total. The number of thiophene rings is 1. The molecular weight excluding hydrogens is 302 g/mol. The van der Waals surface area contributed by atoms with Gasteiger partial charge in [0, 0.05) is 37.3 Å². The summed E-state index contributed by atoms with van der Waals surface area (Å²) in [5.41, 5.74) is 1.72. The van der Waals surface area contributed by atoms with Crippen molar-refractivity contribution in [3.63, 3.8) is 0 Å². The molecule has 2 aromatic heterocycles. The molecule has 23 heavy (non-hydrogen) atoms. The number of hydrogen-bond donors (Lipinski definition) is 0. The van der Waals surface area contributed by atoms with E-state index in [4.69, 9.17) is 0 Å². The maximum Gasteiger partial charge on any atom is 0.0543 e. The maximum absolute atomic E-state index is 4.50. The first kappa shape index (κ1) is 15.3. The molecule has 2 aromatic rings. The van der Waals surface area contributed by atoms with Gasteiger partial charge in [-0.2, -0.15) is 0 Å². The van der Waals surface area contributed by atoms with E-state index < -0.39 is 0 Å². The molecule has 1 atom stereocenters. The summed E-state index contributed by atoms with van der Waals surface area (Å²) in [4.78, 5) is 11.3. The summed E-state index contributed by atoms with van der Waals surface area (Å²) in [6.07, 6.45) is 6.00. The molecule has 0 N–H and O–H groups in total. The molecule has 0 amide bonds. The van der Waals surface area contributed by atoms with Gasteiger partial charge in [-0.3, -0.25) is 14.8 Å². The molecule has 2 saturated heterocycles. The molecule has 0 radical (unpaired) electrons. The molecule has 0 bridgehead atoms. The summed E-state index contributed by atoms with van der Waals surface area (Å²) in [5.74, 6) is 0. The fourth-order valence-electron chi connectivity index (χ4n) is 4.28. The van der Waals surface area contributed by atoms with Crippen LogP contribution in [0.3, 0.4) is 0 Å². The monoisotopic (exact) mass is 327 g/mol. The lowest BCUT2D eigenvalue weighted by Crippen LogP contribution is -2.44. The highest BCUT2D eigenvalue weighted by molar-refractivity contribution is 7.09. The van der Waals surface area contributed by atoms with E-state index in [-0.39, 0.29) is 0 Å². The van der Waals surface area contributed by atoms with Gasteiger partial charge in [0.05, 0.1) is 5.69 Å². The molecule has 0 aromatic carbocycles. The van der Waals surface area contributed by atoms with Gasteiger partial charge in [0.15, 0.2) is 0 Å². The molecule has 2 fully saturated rings. The van der Waals surface area contributed by atoms with Gasteiger partial charge in [-0.15, -0.1) is 11.3 Å². The minimum absolute atomic E-state index is 0.518. The van der Waals surface area contributed by atoms with Crippen LogP contribution in [0.15, 0.2) is 41.9 Å². The number of aromatic nitrogens is 1. The van der Waals surface area contributed by atoms with Crippen molar-refractivity contribution in [3.8, 4) is 0 Å². The second kappa shape index (κ2) is 6.71. The number of rotatable bonds is 4. The van der Waals surface area contributed by atoms with E-state index in [1.165, 1.54) is 56.0 Å². The van der Waals surface area contributed by atoms with Crippen LogP contribution in [0.2, 0.25) is 0 Å². The van der Waals surface area contributed by atoms with Gasteiger partial charge in [-0.1, -0.05) is 12.1 Å². The quantitative estimate of drug-likeness (QED) is 0.855. The largest absolute Gasteiger partial charge is 0.298 e. The van der Waals surface area contributed by atoms with Crippen LogP contribution in [0.1, 0.15) is 29.8 Å². The Labute approximate surface area is 143 Å². The first-order chi connectivity index (χ1) is 11.3. The minimum Gasteiger partial charge on any atom is -0.298 e. The van der Waals surface area contributed by atoms with Gasteiger partial charge in [0.1, 0.15) is 0 Å². The fourth-order valence-corrected chi connectivity index (χ4v) is 5.03. The highest BCUT2D eigenvalue weighted by Crippen LogP contribution is 2.39. The van der Waals surface area contributed by atoms with Crippen LogP contribution in [-0.2, 0) is 13.1 Å². The highest BCUT2D eigenvalue weighted by atomic mass is 32.1. The van der Waals surface area contributed by atoms with Gasteiger partial charge in [-0.05, 0) is 61.3 Å². The van der Waals surface area contributed by atoms with Gasteiger partial charge in [0.2, 0.25) is 0 Å². The Hall–Kier alpha value is -1.23. The summed E-state index contributed by atoms with van der Waals surface area (Å²) < 4.78 is 0. The number of hydrogen-bond acceptors (Lipinski definition) is 4. The Morgan fingerprint density at radius 1 is 1.00 bits per heavy atom. The molecule has 4 rings (SSSR count). The molecule has 0 saturated carbocycles. The lowest BCUT2D eigenvalue weighted by atomic mass is 9.79. The average Bonchev–Trinajstić information content (AvgIpc) is 3.20. The third kappa shape index (κ3) is 3.65. The van der Waals surface area contributed by atoms with Crippen LogP contribution in [0.5, 0.6) is 0 Å². The van der Waals surface area contributed by atoms with Crippen LogP contribution in [0, 0.1) is 5.41 Å². The lowest BCUT2D eigenvalue weighted by molar-refractivity contribution is 0.0858.